The van der Waals surface area contributed by atoms with Crippen molar-refractivity contribution in [2.24, 2.45) is 7.05 Å². The Kier molecular flexibility index (Phi) is 3.54. The highest BCUT2D eigenvalue weighted by atomic mass is 35.5. The predicted octanol–water partition coefficient (Wildman–Crippen LogP) is 2.29. The van der Waals surface area contributed by atoms with Crippen molar-refractivity contribution in [3.63, 3.8) is 0 Å². The summed E-state index contributed by atoms with van der Waals surface area (Å²) < 4.78 is 7.51. The molecule has 0 atom stereocenters. The van der Waals surface area contributed by atoms with E-state index in [1.165, 1.54) is 0 Å². The monoisotopic (exact) mass is 251 g/mol. The first-order valence-electron chi connectivity index (χ1n) is 5.27. The largest absolute Gasteiger partial charge is 0.492 e. The predicted molar refractivity (Wildman–Crippen MR) is 69.3 cm³/mol. The van der Waals surface area contributed by atoms with E-state index in [1.54, 1.807) is 12.5 Å². The van der Waals surface area contributed by atoms with E-state index in [0.717, 1.165) is 17.0 Å². The van der Waals surface area contributed by atoms with Gasteiger partial charge in [0.15, 0.2) is 0 Å². The molecule has 0 radical (unpaired) electrons. The van der Waals surface area contributed by atoms with Crippen LogP contribution in [0.15, 0.2) is 30.7 Å². The first kappa shape index (κ1) is 11.8. The molecule has 0 bridgehead atoms. The third-order valence-corrected chi connectivity index (χ3v) is 2.59. The van der Waals surface area contributed by atoms with Crippen molar-refractivity contribution in [2.45, 2.75) is 0 Å². The molecule has 0 saturated heterocycles. The van der Waals surface area contributed by atoms with Gasteiger partial charge in [0, 0.05) is 18.3 Å². The number of aromatic nitrogens is 2. The minimum absolute atomic E-state index is 0.454. The summed E-state index contributed by atoms with van der Waals surface area (Å²) in [7, 11) is 1.93. The number of anilines is 1. The van der Waals surface area contributed by atoms with E-state index in [0.29, 0.717) is 18.2 Å². The number of nitrogen functional groups attached to an aromatic ring is 1. The summed E-state index contributed by atoms with van der Waals surface area (Å²) >= 11 is 5.62. The first-order valence-corrected chi connectivity index (χ1v) is 5.81. The summed E-state index contributed by atoms with van der Waals surface area (Å²) in [6.07, 6.45) is 3.52. The number of aryl methyl sites for hydroxylation is 1. The molecular weight excluding hydrogens is 238 g/mol. The fraction of sp³-hybridized carbons (Fsp3) is 0.250. The number of halogens is 1. The van der Waals surface area contributed by atoms with E-state index in [2.05, 4.69) is 4.98 Å². The lowest BCUT2D eigenvalue weighted by Crippen LogP contribution is -2.01. The normalized spacial score (nSPS) is 10.5. The molecule has 2 rings (SSSR count). The topological polar surface area (TPSA) is 53.1 Å². The number of benzene rings is 1. The Balaban J connectivity index is 2.43. The third-order valence-electron chi connectivity index (χ3n) is 2.43. The molecule has 4 nitrogen and oxygen atoms in total. The van der Waals surface area contributed by atoms with E-state index in [4.69, 9.17) is 22.1 Å². The number of alkyl halides is 1. The Morgan fingerprint density at radius 2 is 2.29 bits per heavy atom. The van der Waals surface area contributed by atoms with Crippen molar-refractivity contribution in [2.75, 3.05) is 18.2 Å². The standard InChI is InChI=1S/C12H14ClN3O/c1-16-8-15-7-11(16)10-6-9(14)2-3-12(10)17-5-4-13/h2-3,6-8H,4-5,14H2,1H3. The van der Waals surface area contributed by atoms with E-state index in [-0.39, 0.29) is 0 Å². The van der Waals surface area contributed by atoms with Crippen LogP contribution in [0.1, 0.15) is 0 Å². The minimum atomic E-state index is 0.454. The van der Waals surface area contributed by atoms with Gasteiger partial charge in [0.05, 0.1) is 24.1 Å². The van der Waals surface area contributed by atoms with Gasteiger partial charge in [-0.15, -0.1) is 11.6 Å². The Morgan fingerprint density at radius 3 is 2.94 bits per heavy atom. The van der Waals surface area contributed by atoms with Crippen molar-refractivity contribution >= 4 is 17.3 Å². The molecule has 2 aromatic rings. The SMILES string of the molecule is Cn1cncc1-c1cc(N)ccc1OCCCl. The molecule has 0 fully saturated rings. The van der Waals surface area contributed by atoms with Gasteiger partial charge >= 0.3 is 0 Å². The quantitative estimate of drug-likeness (QED) is 0.670. The van der Waals surface area contributed by atoms with Gasteiger partial charge in [-0.3, -0.25) is 0 Å². The molecule has 17 heavy (non-hydrogen) atoms. The van der Waals surface area contributed by atoms with Crippen LogP contribution in [-0.4, -0.2) is 22.0 Å². The Morgan fingerprint density at radius 1 is 1.47 bits per heavy atom. The van der Waals surface area contributed by atoms with Gasteiger partial charge in [-0.2, -0.15) is 0 Å². The lowest BCUT2D eigenvalue weighted by molar-refractivity contribution is 0.344. The molecule has 0 saturated carbocycles. The van der Waals surface area contributed by atoms with Crippen LogP contribution >= 0.6 is 11.6 Å². The lowest BCUT2D eigenvalue weighted by atomic mass is 10.1. The average molecular weight is 252 g/mol. The number of rotatable bonds is 4. The minimum Gasteiger partial charge on any atom is -0.492 e. The maximum atomic E-state index is 5.80. The van der Waals surface area contributed by atoms with Crippen LogP contribution in [0.2, 0.25) is 0 Å². The number of imidazole rings is 1. The van der Waals surface area contributed by atoms with Crippen molar-refractivity contribution in [1.29, 1.82) is 0 Å². The molecule has 0 spiro atoms. The molecule has 0 amide bonds. The van der Waals surface area contributed by atoms with Crippen LogP contribution in [0.3, 0.4) is 0 Å². The maximum absolute atomic E-state index is 5.80. The van der Waals surface area contributed by atoms with Crippen LogP contribution in [-0.2, 0) is 7.05 Å². The summed E-state index contributed by atoms with van der Waals surface area (Å²) in [5.74, 6) is 1.22. The summed E-state index contributed by atoms with van der Waals surface area (Å²) in [6, 6.07) is 5.54. The van der Waals surface area contributed by atoms with Crippen molar-refractivity contribution in [3.05, 3.63) is 30.7 Å². The van der Waals surface area contributed by atoms with Gasteiger partial charge in [-0.05, 0) is 18.2 Å². The molecule has 2 N–H and O–H groups in total. The molecule has 90 valence electrons. The van der Waals surface area contributed by atoms with Gasteiger partial charge in [-0.25, -0.2) is 4.98 Å². The molecule has 0 aliphatic heterocycles. The highest BCUT2D eigenvalue weighted by molar-refractivity contribution is 6.18. The Labute approximate surface area is 105 Å². The molecule has 1 aromatic carbocycles. The number of ether oxygens (including phenoxy) is 1. The van der Waals surface area contributed by atoms with Crippen LogP contribution in [0.5, 0.6) is 5.75 Å². The number of hydrogen-bond donors (Lipinski definition) is 1. The molecule has 0 unspecified atom stereocenters. The summed E-state index contributed by atoms with van der Waals surface area (Å²) in [5.41, 5.74) is 8.38. The fourth-order valence-electron chi connectivity index (χ4n) is 1.64. The van der Waals surface area contributed by atoms with Gasteiger partial charge in [-0.1, -0.05) is 0 Å². The van der Waals surface area contributed by atoms with Crippen LogP contribution < -0.4 is 10.5 Å². The molecule has 1 heterocycles. The number of hydrogen-bond acceptors (Lipinski definition) is 3. The average Bonchev–Trinajstić information content (AvgIpc) is 2.74. The zero-order valence-electron chi connectivity index (χ0n) is 9.56. The van der Waals surface area contributed by atoms with Crippen LogP contribution in [0.4, 0.5) is 5.69 Å². The Bertz CT molecular complexity index is 510. The number of nitrogens with two attached hydrogens (primary N) is 1. The van der Waals surface area contributed by atoms with E-state index < -0.39 is 0 Å². The zero-order chi connectivity index (χ0) is 12.3. The van der Waals surface area contributed by atoms with E-state index in [9.17, 15) is 0 Å². The second kappa shape index (κ2) is 5.10. The van der Waals surface area contributed by atoms with Gasteiger partial charge < -0.3 is 15.0 Å². The first-order chi connectivity index (χ1) is 8.22. The molecule has 0 aliphatic carbocycles. The second-order valence-corrected chi connectivity index (χ2v) is 4.06. The van der Waals surface area contributed by atoms with Crippen molar-refractivity contribution in [3.8, 4) is 17.0 Å². The summed E-state index contributed by atoms with van der Waals surface area (Å²) in [4.78, 5) is 4.09. The molecule has 0 aliphatic rings. The lowest BCUT2D eigenvalue weighted by Gasteiger charge is -2.11. The fourth-order valence-corrected chi connectivity index (χ4v) is 1.72. The highest BCUT2D eigenvalue weighted by Crippen LogP contribution is 2.31. The van der Waals surface area contributed by atoms with E-state index >= 15 is 0 Å². The second-order valence-electron chi connectivity index (χ2n) is 3.68. The maximum Gasteiger partial charge on any atom is 0.128 e. The molecule has 5 heteroatoms. The third kappa shape index (κ3) is 2.53. The summed E-state index contributed by atoms with van der Waals surface area (Å²) in [5, 5.41) is 0. The van der Waals surface area contributed by atoms with Gasteiger partial charge in [0.1, 0.15) is 12.4 Å². The Hall–Kier alpha value is -1.68. The smallest absolute Gasteiger partial charge is 0.128 e. The zero-order valence-corrected chi connectivity index (χ0v) is 10.3. The number of nitrogens with zero attached hydrogens (tertiary/aromatic N) is 2. The van der Waals surface area contributed by atoms with E-state index in [1.807, 2.05) is 29.8 Å². The molecular formula is C12H14ClN3O. The van der Waals surface area contributed by atoms with Gasteiger partial charge in [0.2, 0.25) is 0 Å². The van der Waals surface area contributed by atoms with Gasteiger partial charge in [0.25, 0.3) is 0 Å². The summed E-state index contributed by atoms with van der Waals surface area (Å²) in [6.45, 7) is 0.469. The molecule has 1 aromatic heterocycles. The van der Waals surface area contributed by atoms with Crippen molar-refractivity contribution in [1.82, 2.24) is 9.55 Å². The van der Waals surface area contributed by atoms with Crippen LogP contribution in [0.25, 0.3) is 11.3 Å². The van der Waals surface area contributed by atoms with Crippen molar-refractivity contribution < 1.29 is 4.74 Å². The highest BCUT2D eigenvalue weighted by Gasteiger charge is 2.10. The van der Waals surface area contributed by atoms with Crippen LogP contribution in [0, 0.1) is 0 Å².